The molecule has 2 nitrogen and oxygen atoms in total. The first-order valence-electron chi connectivity index (χ1n) is 4.69. The first-order chi connectivity index (χ1) is 6.34. The van der Waals surface area contributed by atoms with Crippen molar-refractivity contribution in [3.63, 3.8) is 0 Å². The lowest BCUT2D eigenvalue weighted by atomic mass is 10.3. The lowest BCUT2D eigenvalue weighted by molar-refractivity contribution is -0.356. The monoisotopic (exact) mass is 177 g/mol. The highest BCUT2D eigenvalue weighted by molar-refractivity contribution is 5.53. The SMILES string of the molecule is CCCC/C=[N+](\[O-])c1ccccc1. The largest absolute Gasteiger partial charge is 0.619 e. The van der Waals surface area contributed by atoms with Crippen molar-refractivity contribution in [1.29, 1.82) is 0 Å². The zero-order valence-electron chi connectivity index (χ0n) is 7.94. The minimum Gasteiger partial charge on any atom is -0.619 e. The molecule has 0 aliphatic heterocycles. The third-order valence-corrected chi connectivity index (χ3v) is 1.86. The highest BCUT2D eigenvalue weighted by Crippen LogP contribution is 2.08. The predicted molar refractivity (Wildman–Crippen MR) is 55.3 cm³/mol. The molecule has 1 rings (SSSR count). The first kappa shape index (κ1) is 9.78. The molecule has 0 amide bonds. The van der Waals surface area contributed by atoms with Crippen LogP contribution < -0.4 is 0 Å². The summed E-state index contributed by atoms with van der Waals surface area (Å²) < 4.78 is 0.940. The van der Waals surface area contributed by atoms with Gasteiger partial charge in [-0.3, -0.25) is 0 Å². The Morgan fingerprint density at radius 3 is 2.62 bits per heavy atom. The molecular weight excluding hydrogens is 162 g/mol. The van der Waals surface area contributed by atoms with E-state index in [1.54, 1.807) is 6.21 Å². The molecule has 0 saturated heterocycles. The summed E-state index contributed by atoms with van der Waals surface area (Å²) >= 11 is 0. The Labute approximate surface area is 79.1 Å². The summed E-state index contributed by atoms with van der Waals surface area (Å²) in [6, 6.07) is 9.27. The van der Waals surface area contributed by atoms with Gasteiger partial charge < -0.3 is 5.21 Å². The van der Waals surface area contributed by atoms with Gasteiger partial charge in [-0.25, -0.2) is 0 Å². The van der Waals surface area contributed by atoms with Gasteiger partial charge in [-0.15, -0.1) is 0 Å². The molecule has 0 aliphatic carbocycles. The molecule has 2 heteroatoms. The molecule has 13 heavy (non-hydrogen) atoms. The van der Waals surface area contributed by atoms with Gasteiger partial charge in [0.2, 0.25) is 5.69 Å². The molecule has 0 aliphatic rings. The van der Waals surface area contributed by atoms with Gasteiger partial charge >= 0.3 is 0 Å². The number of unbranched alkanes of at least 4 members (excludes halogenated alkanes) is 2. The average molecular weight is 177 g/mol. The van der Waals surface area contributed by atoms with E-state index in [-0.39, 0.29) is 0 Å². The maximum absolute atomic E-state index is 11.4. The molecule has 0 fully saturated rings. The number of rotatable bonds is 4. The van der Waals surface area contributed by atoms with Gasteiger partial charge in [0.1, 0.15) is 0 Å². The number of hydrogen-bond acceptors (Lipinski definition) is 1. The van der Waals surface area contributed by atoms with Crippen LogP contribution in [0, 0.1) is 5.21 Å². The fourth-order valence-corrected chi connectivity index (χ4v) is 1.09. The Balaban J connectivity index is 2.57. The fraction of sp³-hybridized carbons (Fsp3) is 0.364. The standard InChI is InChI=1S/C11H15NO/c1-2-3-7-10-12(13)11-8-5-4-6-9-11/h4-6,8-10H,2-3,7H2,1H3/b12-10-. The lowest BCUT2D eigenvalue weighted by Crippen LogP contribution is -1.96. The van der Waals surface area contributed by atoms with Gasteiger partial charge in [-0.1, -0.05) is 31.5 Å². The van der Waals surface area contributed by atoms with Gasteiger partial charge in [0.15, 0.2) is 6.21 Å². The summed E-state index contributed by atoms with van der Waals surface area (Å²) in [6.45, 7) is 2.12. The van der Waals surface area contributed by atoms with Crippen molar-refractivity contribution in [3.05, 3.63) is 35.5 Å². The quantitative estimate of drug-likeness (QED) is 0.228. The van der Waals surface area contributed by atoms with E-state index in [9.17, 15) is 5.21 Å². The van der Waals surface area contributed by atoms with E-state index < -0.39 is 0 Å². The van der Waals surface area contributed by atoms with Gasteiger partial charge in [0, 0.05) is 18.6 Å². The van der Waals surface area contributed by atoms with Crippen LogP contribution in [0.25, 0.3) is 0 Å². The number of para-hydroxylation sites is 1. The first-order valence-corrected chi connectivity index (χ1v) is 4.69. The van der Waals surface area contributed by atoms with Gasteiger partial charge in [0.05, 0.1) is 0 Å². The van der Waals surface area contributed by atoms with Crippen molar-refractivity contribution < 1.29 is 4.74 Å². The van der Waals surface area contributed by atoms with Crippen molar-refractivity contribution in [2.24, 2.45) is 0 Å². The van der Waals surface area contributed by atoms with Crippen LogP contribution in [0.4, 0.5) is 5.69 Å². The summed E-state index contributed by atoms with van der Waals surface area (Å²) in [6.07, 6.45) is 4.75. The average Bonchev–Trinajstić information content (AvgIpc) is 2.19. The van der Waals surface area contributed by atoms with E-state index in [2.05, 4.69) is 6.92 Å². The van der Waals surface area contributed by atoms with Crippen molar-refractivity contribution in [2.45, 2.75) is 26.2 Å². The summed E-state index contributed by atoms with van der Waals surface area (Å²) in [5, 5.41) is 11.4. The van der Waals surface area contributed by atoms with Crippen LogP contribution in [0.5, 0.6) is 0 Å². The molecule has 1 aromatic carbocycles. The maximum Gasteiger partial charge on any atom is 0.216 e. The smallest absolute Gasteiger partial charge is 0.216 e. The minimum atomic E-state index is 0.707. The van der Waals surface area contributed by atoms with Crippen LogP contribution >= 0.6 is 0 Å². The lowest BCUT2D eigenvalue weighted by Gasteiger charge is -2.01. The summed E-state index contributed by atoms with van der Waals surface area (Å²) in [5.41, 5.74) is 0.707. The zero-order chi connectivity index (χ0) is 9.52. The predicted octanol–water partition coefficient (Wildman–Crippen LogP) is 3.09. The van der Waals surface area contributed by atoms with E-state index in [4.69, 9.17) is 0 Å². The van der Waals surface area contributed by atoms with Crippen LogP contribution in [0.2, 0.25) is 0 Å². The summed E-state index contributed by atoms with van der Waals surface area (Å²) in [7, 11) is 0. The molecule has 0 N–H and O–H groups in total. The highest BCUT2D eigenvalue weighted by atomic mass is 16.5. The molecule has 0 bridgehead atoms. The molecule has 0 heterocycles. The van der Waals surface area contributed by atoms with Gasteiger partial charge in [-0.05, 0) is 6.42 Å². The molecule has 0 saturated carbocycles. The van der Waals surface area contributed by atoms with E-state index in [0.29, 0.717) is 5.69 Å². The topological polar surface area (TPSA) is 26.1 Å². The normalized spacial score (nSPS) is 11.6. The number of benzene rings is 1. The van der Waals surface area contributed by atoms with Crippen molar-refractivity contribution in [2.75, 3.05) is 0 Å². The van der Waals surface area contributed by atoms with Gasteiger partial charge in [-0.2, -0.15) is 4.74 Å². The van der Waals surface area contributed by atoms with Crippen LogP contribution in [-0.4, -0.2) is 11.0 Å². The Bertz CT molecular complexity index is 267. The summed E-state index contributed by atoms with van der Waals surface area (Å²) in [4.78, 5) is 0. The van der Waals surface area contributed by atoms with Crippen LogP contribution in [0.15, 0.2) is 30.3 Å². The molecule has 70 valence electrons. The van der Waals surface area contributed by atoms with E-state index in [0.717, 1.165) is 24.0 Å². The number of hydrogen-bond donors (Lipinski definition) is 0. The van der Waals surface area contributed by atoms with E-state index >= 15 is 0 Å². The molecule has 0 atom stereocenters. The second kappa shape index (κ2) is 5.36. The van der Waals surface area contributed by atoms with Crippen molar-refractivity contribution in [1.82, 2.24) is 0 Å². The zero-order valence-corrected chi connectivity index (χ0v) is 7.94. The van der Waals surface area contributed by atoms with E-state index in [1.165, 1.54) is 0 Å². The third-order valence-electron chi connectivity index (χ3n) is 1.86. The number of nitrogens with zero attached hydrogens (tertiary/aromatic N) is 1. The third kappa shape index (κ3) is 3.28. The van der Waals surface area contributed by atoms with Crippen LogP contribution in [0.3, 0.4) is 0 Å². The molecule has 0 aromatic heterocycles. The van der Waals surface area contributed by atoms with Crippen molar-refractivity contribution >= 4 is 11.9 Å². The van der Waals surface area contributed by atoms with E-state index in [1.807, 2.05) is 30.3 Å². The minimum absolute atomic E-state index is 0.707. The van der Waals surface area contributed by atoms with Crippen molar-refractivity contribution in [3.8, 4) is 0 Å². The molecule has 0 radical (unpaired) electrons. The fourth-order valence-electron chi connectivity index (χ4n) is 1.09. The Kier molecular flexibility index (Phi) is 4.03. The maximum atomic E-state index is 11.4. The summed E-state index contributed by atoms with van der Waals surface area (Å²) in [5.74, 6) is 0. The second-order valence-electron chi connectivity index (χ2n) is 2.99. The second-order valence-corrected chi connectivity index (χ2v) is 2.99. The molecule has 0 spiro atoms. The Hall–Kier alpha value is -1.31. The van der Waals surface area contributed by atoms with Crippen LogP contribution in [0.1, 0.15) is 26.2 Å². The molecule has 1 aromatic rings. The highest BCUT2D eigenvalue weighted by Gasteiger charge is 1.96. The Morgan fingerprint density at radius 1 is 1.31 bits per heavy atom. The van der Waals surface area contributed by atoms with Crippen LogP contribution in [-0.2, 0) is 0 Å². The van der Waals surface area contributed by atoms with Gasteiger partial charge in [0.25, 0.3) is 0 Å². The Morgan fingerprint density at radius 2 is 2.00 bits per heavy atom. The molecular formula is C11H15NO. The molecule has 0 unspecified atom stereocenters.